The normalized spacial score (nSPS) is 13.0. The van der Waals surface area contributed by atoms with Crippen molar-refractivity contribution in [1.82, 2.24) is 20.5 Å². The second-order valence-corrected chi connectivity index (χ2v) is 8.56. The Kier molecular flexibility index (Phi) is 13.6. The molecule has 0 fully saturated rings. The van der Waals surface area contributed by atoms with E-state index in [9.17, 15) is 4.79 Å². The van der Waals surface area contributed by atoms with E-state index in [1.54, 1.807) is 11.3 Å². The third kappa shape index (κ3) is 12.0. The highest BCUT2D eigenvalue weighted by molar-refractivity contribution is 7.09. The largest absolute Gasteiger partial charge is 0.356 e. The molecular formula is C22H41N5OS. The van der Waals surface area contributed by atoms with E-state index in [-0.39, 0.29) is 5.91 Å². The fraction of sp³-hybridized carbons (Fsp3) is 0.773. The zero-order valence-corrected chi connectivity index (χ0v) is 19.9. The number of amides is 1. The molecule has 0 spiro atoms. The monoisotopic (exact) mass is 423 g/mol. The smallest absolute Gasteiger partial charge is 0.245 e. The first kappa shape index (κ1) is 25.6. The summed E-state index contributed by atoms with van der Waals surface area (Å²) in [5.74, 6) is 0.989. The zero-order chi connectivity index (χ0) is 21.5. The molecule has 6 nitrogen and oxygen atoms in total. The van der Waals surface area contributed by atoms with Gasteiger partial charge in [-0.15, -0.1) is 11.3 Å². The van der Waals surface area contributed by atoms with Gasteiger partial charge in [0.25, 0.3) is 0 Å². The highest BCUT2D eigenvalue weighted by atomic mass is 32.1. The first-order chi connectivity index (χ1) is 14.0. The summed E-state index contributed by atoms with van der Waals surface area (Å²) >= 11 is 1.79. The number of thiazole rings is 1. The van der Waals surface area contributed by atoms with Crippen LogP contribution in [0.3, 0.4) is 0 Å². The van der Waals surface area contributed by atoms with Crippen molar-refractivity contribution in [3.63, 3.8) is 0 Å². The van der Waals surface area contributed by atoms with Gasteiger partial charge < -0.3 is 15.5 Å². The number of aromatic nitrogens is 1. The predicted molar refractivity (Wildman–Crippen MR) is 125 cm³/mol. The zero-order valence-electron chi connectivity index (χ0n) is 19.1. The molecule has 1 rings (SSSR count). The molecule has 1 atom stereocenters. The Hall–Kier alpha value is -1.47. The molecular weight excluding hydrogens is 382 g/mol. The van der Waals surface area contributed by atoms with E-state index >= 15 is 0 Å². The van der Waals surface area contributed by atoms with Crippen molar-refractivity contribution >= 4 is 23.2 Å². The summed E-state index contributed by atoms with van der Waals surface area (Å²) in [5, 5.41) is 10.00. The van der Waals surface area contributed by atoms with Crippen molar-refractivity contribution in [2.45, 2.75) is 73.1 Å². The molecule has 1 unspecified atom stereocenters. The molecule has 0 saturated carbocycles. The first-order valence-electron chi connectivity index (χ1n) is 11.2. The lowest BCUT2D eigenvalue weighted by molar-refractivity contribution is -0.115. The van der Waals surface area contributed by atoms with Crippen molar-refractivity contribution in [2.24, 2.45) is 10.9 Å². The number of aliphatic imine (C=N–C) groups is 1. The van der Waals surface area contributed by atoms with Gasteiger partial charge in [-0.3, -0.25) is 4.79 Å². The lowest BCUT2D eigenvalue weighted by Gasteiger charge is -2.16. The number of nitrogens with zero attached hydrogens (tertiary/aromatic N) is 3. The number of guanidine groups is 1. The van der Waals surface area contributed by atoms with Gasteiger partial charge in [-0.2, -0.15) is 4.99 Å². The minimum atomic E-state index is -0.176. The molecule has 0 bridgehead atoms. The van der Waals surface area contributed by atoms with Crippen LogP contribution in [0.2, 0.25) is 0 Å². The Bertz CT molecular complexity index is 598. The minimum absolute atomic E-state index is 0.176. The van der Waals surface area contributed by atoms with Crippen LogP contribution in [0.25, 0.3) is 0 Å². The van der Waals surface area contributed by atoms with E-state index in [0.717, 1.165) is 71.2 Å². The van der Waals surface area contributed by atoms with Crippen LogP contribution in [0, 0.1) is 5.92 Å². The van der Waals surface area contributed by atoms with Gasteiger partial charge in [0.05, 0.1) is 10.7 Å². The summed E-state index contributed by atoms with van der Waals surface area (Å²) in [5.41, 5.74) is 1.23. The molecule has 1 amide bonds. The third-order valence-electron chi connectivity index (χ3n) is 5.12. The Morgan fingerprint density at radius 1 is 1.17 bits per heavy atom. The second kappa shape index (κ2) is 15.4. The number of aryl methyl sites for hydroxylation is 1. The Labute approximate surface area is 181 Å². The molecule has 0 aliphatic carbocycles. The maximum Gasteiger partial charge on any atom is 0.245 e. The van der Waals surface area contributed by atoms with Gasteiger partial charge in [-0.1, -0.05) is 40.5 Å². The number of hydrogen-bond acceptors (Lipinski definition) is 4. The van der Waals surface area contributed by atoms with Crippen LogP contribution in [0.1, 0.15) is 71.0 Å². The van der Waals surface area contributed by atoms with Crippen LogP contribution in [0.4, 0.5) is 0 Å². The van der Waals surface area contributed by atoms with E-state index in [2.05, 4.69) is 53.6 Å². The quantitative estimate of drug-likeness (QED) is 0.270. The highest BCUT2D eigenvalue weighted by Crippen LogP contribution is 2.13. The van der Waals surface area contributed by atoms with Gasteiger partial charge in [0.15, 0.2) is 5.96 Å². The van der Waals surface area contributed by atoms with Crippen molar-refractivity contribution in [2.75, 3.05) is 32.7 Å². The summed E-state index contributed by atoms with van der Waals surface area (Å²) in [4.78, 5) is 22.6. The van der Waals surface area contributed by atoms with Gasteiger partial charge >= 0.3 is 0 Å². The molecule has 0 aromatic carbocycles. The summed E-state index contributed by atoms with van der Waals surface area (Å²) < 4.78 is 0. The van der Waals surface area contributed by atoms with Gasteiger partial charge in [-0.25, -0.2) is 4.98 Å². The number of likely N-dealkylation sites (N-methyl/N-ethyl adjacent to an activating group) is 1. The molecule has 166 valence electrons. The van der Waals surface area contributed by atoms with Gasteiger partial charge in [0, 0.05) is 38.4 Å². The van der Waals surface area contributed by atoms with Crippen LogP contribution in [0.15, 0.2) is 10.4 Å². The number of carbonyl (C=O) groups excluding carboxylic acids is 1. The van der Waals surface area contributed by atoms with Gasteiger partial charge in [0.1, 0.15) is 0 Å². The molecule has 1 aromatic rings. The van der Waals surface area contributed by atoms with Crippen LogP contribution in [-0.4, -0.2) is 54.5 Å². The van der Waals surface area contributed by atoms with Crippen molar-refractivity contribution in [1.29, 1.82) is 0 Å². The minimum Gasteiger partial charge on any atom is -0.356 e. The molecule has 0 saturated heterocycles. The Morgan fingerprint density at radius 3 is 2.59 bits per heavy atom. The molecule has 0 aliphatic rings. The summed E-state index contributed by atoms with van der Waals surface area (Å²) in [6.07, 6.45) is 6.54. The molecule has 7 heteroatoms. The topological polar surface area (TPSA) is 69.6 Å². The number of nitrogens with one attached hydrogen (secondary N) is 2. The van der Waals surface area contributed by atoms with E-state index in [1.807, 2.05) is 0 Å². The van der Waals surface area contributed by atoms with Crippen molar-refractivity contribution in [3.05, 3.63) is 16.1 Å². The van der Waals surface area contributed by atoms with Gasteiger partial charge in [-0.05, 0) is 38.3 Å². The van der Waals surface area contributed by atoms with Crippen LogP contribution >= 0.6 is 11.3 Å². The fourth-order valence-electron chi connectivity index (χ4n) is 2.90. The molecule has 29 heavy (non-hydrogen) atoms. The molecule has 0 radical (unpaired) electrons. The maximum atomic E-state index is 11.3. The van der Waals surface area contributed by atoms with Gasteiger partial charge in [0.2, 0.25) is 5.91 Å². The average molecular weight is 424 g/mol. The van der Waals surface area contributed by atoms with E-state index in [0.29, 0.717) is 11.9 Å². The summed E-state index contributed by atoms with van der Waals surface area (Å²) in [6, 6.07) is 0. The van der Waals surface area contributed by atoms with E-state index in [4.69, 9.17) is 4.98 Å². The molecule has 2 N–H and O–H groups in total. The number of rotatable bonds is 14. The standard InChI is InChI=1S/C22H41N5OS/c1-6-18(4)16-24-22(25-19(5)28)23-14-11-9-10-12-20-17-29-21(26-20)13-15-27(7-2)8-3/h17-18H,6-16H2,1-5H3,(H2,23,24,25,28). The average Bonchev–Trinajstić information content (AvgIpc) is 3.16. The van der Waals surface area contributed by atoms with Crippen LogP contribution in [-0.2, 0) is 17.6 Å². The van der Waals surface area contributed by atoms with Crippen molar-refractivity contribution < 1.29 is 4.79 Å². The first-order valence-corrected chi connectivity index (χ1v) is 12.1. The third-order valence-corrected chi connectivity index (χ3v) is 6.08. The summed E-state index contributed by atoms with van der Waals surface area (Å²) in [7, 11) is 0. The number of unbranched alkanes of at least 4 members (excludes halogenated alkanes) is 2. The second-order valence-electron chi connectivity index (χ2n) is 7.62. The maximum absolute atomic E-state index is 11.3. The SMILES string of the molecule is CCC(C)CNC(=NC(C)=O)NCCCCCc1csc(CCN(CC)CC)n1. The van der Waals surface area contributed by atoms with E-state index < -0.39 is 0 Å². The number of hydrogen-bond donors (Lipinski definition) is 2. The Balaban J connectivity index is 2.23. The van der Waals surface area contributed by atoms with E-state index in [1.165, 1.54) is 17.6 Å². The number of carbonyl (C=O) groups is 1. The fourth-order valence-corrected chi connectivity index (χ4v) is 3.72. The molecule has 1 heterocycles. The molecule has 0 aliphatic heterocycles. The lowest BCUT2D eigenvalue weighted by Crippen LogP contribution is -2.40. The van der Waals surface area contributed by atoms with Crippen molar-refractivity contribution in [3.8, 4) is 0 Å². The highest BCUT2D eigenvalue weighted by Gasteiger charge is 2.06. The van der Waals surface area contributed by atoms with Crippen LogP contribution < -0.4 is 10.6 Å². The predicted octanol–water partition coefficient (Wildman–Crippen LogP) is 3.87. The Morgan fingerprint density at radius 2 is 1.93 bits per heavy atom. The molecule has 1 aromatic heterocycles. The summed E-state index contributed by atoms with van der Waals surface area (Å²) in [6.45, 7) is 15.2. The lowest BCUT2D eigenvalue weighted by atomic mass is 10.1. The van der Waals surface area contributed by atoms with Crippen LogP contribution in [0.5, 0.6) is 0 Å².